The molecule has 412 valence electrons. The zero-order valence-electron chi connectivity index (χ0n) is 45.7. The van der Waals surface area contributed by atoms with Crippen LogP contribution in [0.4, 0.5) is 0 Å². The Balaban J connectivity index is 0.000000221. The highest BCUT2D eigenvalue weighted by molar-refractivity contribution is 6.42. The summed E-state index contributed by atoms with van der Waals surface area (Å²) in [5.41, 5.74) is 11.0. The van der Waals surface area contributed by atoms with E-state index in [9.17, 15) is 19.2 Å². The number of halogens is 4. The van der Waals surface area contributed by atoms with E-state index in [4.69, 9.17) is 52.1 Å². The summed E-state index contributed by atoms with van der Waals surface area (Å²) in [6.45, 7) is 11.4. The quantitative estimate of drug-likeness (QED) is 0.0878. The number of ketones is 2. The maximum absolute atomic E-state index is 14.2. The number of Topliss-reactive ketones (excluding diaryl/α,β-unsaturated/α-hetero) is 2. The normalized spacial score (nSPS) is 23.0. The van der Waals surface area contributed by atoms with Crippen molar-refractivity contribution in [3.05, 3.63) is 139 Å². The highest BCUT2D eigenvalue weighted by atomic mass is 35.5. The van der Waals surface area contributed by atoms with Crippen LogP contribution >= 0.6 is 46.4 Å². The first-order valence-corrected chi connectivity index (χ1v) is 29.4. The van der Waals surface area contributed by atoms with Crippen LogP contribution < -0.4 is 5.73 Å². The number of nitrogens with two attached hydrogens (primary N) is 1. The molecule has 14 heteroatoms. The van der Waals surface area contributed by atoms with Crippen LogP contribution in [0.5, 0.6) is 0 Å². The van der Waals surface area contributed by atoms with E-state index >= 15 is 0 Å². The Morgan fingerprint density at radius 2 is 0.987 bits per heavy atom. The summed E-state index contributed by atoms with van der Waals surface area (Å²) in [6.07, 6.45) is 10.4. The highest BCUT2D eigenvalue weighted by Crippen LogP contribution is 2.35. The molecule has 4 aliphatic heterocycles. The molecule has 2 amide bonds. The molecule has 4 fully saturated rings. The molecule has 0 spiro atoms. The monoisotopic (exact) mass is 1110 g/mol. The Morgan fingerprint density at radius 3 is 1.39 bits per heavy atom. The third-order valence-electron chi connectivity index (χ3n) is 16.3. The first-order chi connectivity index (χ1) is 36.4. The molecule has 0 radical (unpaired) electrons. The molecule has 4 aromatic carbocycles. The number of carbonyl (C=O) groups is 4. The van der Waals surface area contributed by atoms with E-state index in [-0.39, 0.29) is 47.5 Å². The predicted octanol–water partition coefficient (Wildman–Crippen LogP) is 11.7. The highest BCUT2D eigenvalue weighted by Gasteiger charge is 2.48. The number of hydrogen-bond acceptors (Lipinski definition) is 8. The van der Waals surface area contributed by atoms with Crippen LogP contribution in [0.25, 0.3) is 0 Å². The molecule has 2 unspecified atom stereocenters. The molecular formula is C62H82Cl4N6O4. The van der Waals surface area contributed by atoms with Gasteiger partial charge in [-0.1, -0.05) is 147 Å². The van der Waals surface area contributed by atoms with Crippen LogP contribution in [0.3, 0.4) is 0 Å². The molecule has 4 saturated heterocycles. The van der Waals surface area contributed by atoms with E-state index in [1.54, 1.807) is 12.1 Å². The van der Waals surface area contributed by atoms with Crippen molar-refractivity contribution in [1.82, 2.24) is 24.5 Å². The molecule has 4 aliphatic rings. The maximum atomic E-state index is 14.2. The molecule has 2 N–H and O–H groups in total. The minimum atomic E-state index is -0.415. The molecular weight excluding hydrogens is 1030 g/mol. The molecule has 0 bridgehead atoms. The standard InChI is InChI=1S/C32H43Cl2N3O2.C30H39Cl2N3O2/c1-22(2)18-29(31(38)15-12-24-11-14-27(33)28(34)19-24)36-17-16-25(13-10-23-8-6-5-7-9-23)37-21-26(35(3)4)20-30(37)32(36)39;1-20(2)16-27(29(36)13-10-22-9-12-25(31)26(32)17-22)34-15-14-24(11-8-21-6-4-3-5-7-21)35-19-23(33)18-28(35)30(34)37/h5-9,11,14,19,22,25-26,29-30H,10,12-13,15-18,20-21H2,1-4H3;3-7,9,12,17,20,23-24,27-28H,8,10-11,13-16,18-19,33H2,1-2H3/t25?,26-,29-,30+;23-,24?,27-,28+/m11/s1. The first kappa shape index (κ1) is 59.8. The zero-order valence-corrected chi connectivity index (χ0v) is 48.7. The van der Waals surface area contributed by atoms with Crippen molar-refractivity contribution in [3.63, 3.8) is 0 Å². The lowest BCUT2D eigenvalue weighted by atomic mass is 9.94. The molecule has 10 nitrogen and oxygen atoms in total. The second-order valence-corrected chi connectivity index (χ2v) is 24.6. The molecule has 76 heavy (non-hydrogen) atoms. The van der Waals surface area contributed by atoms with Gasteiger partial charge in [0.25, 0.3) is 0 Å². The van der Waals surface area contributed by atoms with Gasteiger partial charge in [-0.25, -0.2) is 0 Å². The molecule has 8 atom stereocenters. The number of fused-ring (bicyclic) bond motifs is 2. The van der Waals surface area contributed by atoms with Gasteiger partial charge in [-0.3, -0.25) is 29.0 Å². The second-order valence-electron chi connectivity index (χ2n) is 23.0. The van der Waals surface area contributed by atoms with Gasteiger partial charge in [0.15, 0.2) is 11.6 Å². The van der Waals surface area contributed by atoms with Gasteiger partial charge in [0.2, 0.25) is 11.8 Å². The van der Waals surface area contributed by atoms with Crippen molar-refractivity contribution in [2.24, 2.45) is 17.6 Å². The third kappa shape index (κ3) is 16.1. The number of aryl methyl sites for hydroxylation is 4. The van der Waals surface area contributed by atoms with Crippen molar-refractivity contribution < 1.29 is 19.2 Å². The third-order valence-corrected chi connectivity index (χ3v) is 17.8. The van der Waals surface area contributed by atoms with E-state index in [0.717, 1.165) is 69.2 Å². The summed E-state index contributed by atoms with van der Waals surface area (Å²) >= 11 is 24.5. The number of hydrogen-bond donors (Lipinski definition) is 1. The summed E-state index contributed by atoms with van der Waals surface area (Å²) < 4.78 is 0. The van der Waals surface area contributed by atoms with Crippen molar-refractivity contribution in [1.29, 1.82) is 0 Å². The van der Waals surface area contributed by atoms with Crippen molar-refractivity contribution in [2.75, 3.05) is 40.3 Å². The fraction of sp³-hybridized carbons (Fsp3) is 0.548. The molecule has 8 rings (SSSR count). The maximum Gasteiger partial charge on any atom is 0.240 e. The van der Waals surface area contributed by atoms with Crippen LogP contribution in [0.15, 0.2) is 97.1 Å². The van der Waals surface area contributed by atoms with Gasteiger partial charge in [0, 0.05) is 63.2 Å². The lowest BCUT2D eigenvalue weighted by Crippen LogP contribution is -2.51. The minimum Gasteiger partial charge on any atom is -0.331 e. The van der Waals surface area contributed by atoms with Crippen LogP contribution in [-0.2, 0) is 44.9 Å². The predicted molar refractivity (Wildman–Crippen MR) is 312 cm³/mol. The van der Waals surface area contributed by atoms with Gasteiger partial charge >= 0.3 is 0 Å². The van der Waals surface area contributed by atoms with Crippen LogP contribution in [-0.4, -0.2) is 136 Å². The lowest BCUT2D eigenvalue weighted by molar-refractivity contribution is -0.142. The Kier molecular flexibility index (Phi) is 22.3. The average Bonchev–Trinajstić information content (AvgIpc) is 3.97. The van der Waals surface area contributed by atoms with E-state index in [1.165, 1.54) is 11.1 Å². The molecule has 4 aromatic rings. The fourth-order valence-corrected chi connectivity index (χ4v) is 12.8. The Bertz CT molecular complexity index is 2550. The van der Waals surface area contributed by atoms with Gasteiger partial charge in [-0.05, 0) is 150 Å². The topological polar surface area (TPSA) is 110 Å². The smallest absolute Gasteiger partial charge is 0.240 e. The lowest BCUT2D eigenvalue weighted by Gasteiger charge is -2.33. The Labute approximate surface area is 473 Å². The largest absolute Gasteiger partial charge is 0.331 e. The molecule has 0 saturated carbocycles. The molecule has 0 aromatic heterocycles. The van der Waals surface area contributed by atoms with Gasteiger partial charge in [0.1, 0.15) is 0 Å². The summed E-state index contributed by atoms with van der Waals surface area (Å²) in [5.74, 6) is 1.07. The number of benzene rings is 4. The summed E-state index contributed by atoms with van der Waals surface area (Å²) in [6, 6.07) is 31.8. The van der Waals surface area contributed by atoms with Gasteiger partial charge in [-0.2, -0.15) is 0 Å². The average molecular weight is 1120 g/mol. The fourth-order valence-electron chi connectivity index (χ4n) is 12.1. The van der Waals surface area contributed by atoms with Crippen LogP contribution in [0.2, 0.25) is 20.1 Å². The van der Waals surface area contributed by atoms with Crippen molar-refractivity contribution in [3.8, 4) is 0 Å². The first-order valence-electron chi connectivity index (χ1n) is 27.9. The summed E-state index contributed by atoms with van der Waals surface area (Å²) in [5, 5.41) is 2.01. The van der Waals surface area contributed by atoms with Crippen molar-refractivity contribution >= 4 is 69.8 Å². The Hall–Kier alpha value is -3.84. The summed E-state index contributed by atoms with van der Waals surface area (Å²) in [7, 11) is 4.21. The zero-order chi connectivity index (χ0) is 54.6. The number of carbonyl (C=O) groups excluding carboxylic acids is 4. The van der Waals surface area contributed by atoms with E-state index in [0.29, 0.717) is 102 Å². The van der Waals surface area contributed by atoms with Gasteiger partial charge in [-0.15, -0.1) is 0 Å². The summed E-state index contributed by atoms with van der Waals surface area (Å²) in [4.78, 5) is 66.4. The Morgan fingerprint density at radius 1 is 0.566 bits per heavy atom. The minimum absolute atomic E-state index is 0.0120. The van der Waals surface area contributed by atoms with E-state index in [2.05, 4.69) is 111 Å². The number of rotatable bonds is 21. The van der Waals surface area contributed by atoms with Crippen LogP contribution in [0, 0.1) is 11.8 Å². The molecule has 4 heterocycles. The van der Waals surface area contributed by atoms with Gasteiger partial charge < -0.3 is 20.4 Å². The van der Waals surface area contributed by atoms with Crippen molar-refractivity contribution in [2.45, 2.75) is 166 Å². The number of nitrogens with zero attached hydrogens (tertiary/aromatic N) is 5. The van der Waals surface area contributed by atoms with Gasteiger partial charge in [0.05, 0.1) is 44.3 Å². The van der Waals surface area contributed by atoms with E-state index in [1.807, 2.05) is 40.1 Å². The van der Waals surface area contributed by atoms with E-state index < -0.39 is 12.1 Å². The number of likely N-dealkylation sites (N-methyl/N-ethyl adjacent to an activating group) is 1. The molecule has 0 aliphatic carbocycles. The number of amides is 2. The SMILES string of the molecule is CC(C)C[C@H](C(=O)CCc1ccc(Cl)c(Cl)c1)N1CCC(CCc2ccccc2)N2C[C@H](N(C)C)C[C@H]2C1=O.CC(C)C[C@H](C(=O)CCc1ccc(Cl)c(Cl)c1)N1CCC(CCc2ccccc2)N2C[C@H](N)C[C@H]2C1=O. The second kappa shape index (κ2) is 28.3. The van der Waals surface area contributed by atoms with Crippen LogP contribution in [0.1, 0.15) is 114 Å².